The Hall–Kier alpha value is -1.48. The third kappa shape index (κ3) is 2.51. The Morgan fingerprint density at radius 1 is 1.28 bits per heavy atom. The molecule has 0 bridgehead atoms. The van der Waals surface area contributed by atoms with Crippen molar-refractivity contribution in [1.29, 1.82) is 0 Å². The fraction of sp³-hybridized carbons (Fsp3) is 0.357. The van der Waals surface area contributed by atoms with E-state index in [0.717, 1.165) is 17.4 Å². The molecule has 0 amide bonds. The lowest BCUT2D eigenvalue weighted by atomic mass is 9.83. The summed E-state index contributed by atoms with van der Waals surface area (Å²) in [5.74, 6) is 1.67. The lowest BCUT2D eigenvalue weighted by molar-refractivity contribution is 0.410. The highest BCUT2D eigenvalue weighted by atomic mass is 35.5. The van der Waals surface area contributed by atoms with Crippen LogP contribution in [0.1, 0.15) is 36.4 Å². The largest absolute Gasteiger partial charge is 0.366 e. The van der Waals surface area contributed by atoms with Crippen LogP contribution in [0.15, 0.2) is 30.3 Å². The predicted molar refractivity (Wildman–Crippen MR) is 74.0 cm³/mol. The van der Waals surface area contributed by atoms with Crippen LogP contribution in [0.4, 0.5) is 5.82 Å². The molecule has 0 saturated heterocycles. The predicted octanol–water partition coefficient (Wildman–Crippen LogP) is 3.94. The number of halogens is 1. The van der Waals surface area contributed by atoms with Crippen LogP contribution >= 0.6 is 11.6 Å². The molecule has 94 valence electrons. The number of hydrogen-bond acceptors (Lipinski definition) is 2. The van der Waals surface area contributed by atoms with E-state index in [1.165, 1.54) is 30.5 Å². The molecule has 18 heavy (non-hydrogen) atoms. The van der Waals surface area contributed by atoms with Gasteiger partial charge in [-0.2, -0.15) is 5.10 Å². The van der Waals surface area contributed by atoms with Gasteiger partial charge in [0.15, 0.2) is 0 Å². The topological polar surface area (TPSA) is 40.7 Å². The zero-order valence-electron chi connectivity index (χ0n) is 10.1. The number of nitrogens with one attached hydrogen (secondary N) is 2. The van der Waals surface area contributed by atoms with Crippen molar-refractivity contribution in [3.8, 4) is 0 Å². The SMILES string of the molecule is Clc1ccc(CNc2cc(C3CCC3)n[nH]2)cc1. The zero-order valence-corrected chi connectivity index (χ0v) is 10.9. The number of hydrogen-bond donors (Lipinski definition) is 2. The molecule has 1 aromatic carbocycles. The van der Waals surface area contributed by atoms with Gasteiger partial charge >= 0.3 is 0 Å². The van der Waals surface area contributed by atoms with E-state index in [-0.39, 0.29) is 0 Å². The molecule has 0 aliphatic heterocycles. The molecule has 1 heterocycles. The number of benzene rings is 1. The van der Waals surface area contributed by atoms with Gasteiger partial charge in [0.25, 0.3) is 0 Å². The van der Waals surface area contributed by atoms with E-state index in [9.17, 15) is 0 Å². The molecule has 0 radical (unpaired) electrons. The van der Waals surface area contributed by atoms with Crippen LogP contribution in [0, 0.1) is 0 Å². The summed E-state index contributed by atoms with van der Waals surface area (Å²) in [6, 6.07) is 9.99. The van der Waals surface area contributed by atoms with Crippen molar-refractivity contribution in [2.45, 2.75) is 31.7 Å². The summed E-state index contributed by atoms with van der Waals surface area (Å²) in [4.78, 5) is 0. The van der Waals surface area contributed by atoms with Crippen LogP contribution in [0.3, 0.4) is 0 Å². The molecule has 0 spiro atoms. The summed E-state index contributed by atoms with van der Waals surface area (Å²) in [6.45, 7) is 0.781. The number of aromatic nitrogens is 2. The van der Waals surface area contributed by atoms with Crippen LogP contribution in [-0.2, 0) is 6.54 Å². The Kier molecular flexibility index (Phi) is 3.24. The van der Waals surface area contributed by atoms with Crippen molar-refractivity contribution in [2.75, 3.05) is 5.32 Å². The second-order valence-electron chi connectivity index (χ2n) is 4.81. The van der Waals surface area contributed by atoms with E-state index in [0.29, 0.717) is 5.92 Å². The number of anilines is 1. The summed E-state index contributed by atoms with van der Waals surface area (Å²) in [7, 11) is 0. The molecule has 4 heteroatoms. The minimum absolute atomic E-state index is 0.673. The normalized spacial score (nSPS) is 15.4. The first kappa shape index (κ1) is 11.6. The number of H-pyrrole nitrogens is 1. The van der Waals surface area contributed by atoms with Gasteiger partial charge in [-0.15, -0.1) is 0 Å². The molecule has 1 aromatic heterocycles. The van der Waals surface area contributed by atoms with E-state index in [4.69, 9.17) is 11.6 Å². The fourth-order valence-corrected chi connectivity index (χ4v) is 2.27. The Balaban J connectivity index is 1.59. The zero-order chi connectivity index (χ0) is 12.4. The molecule has 1 aliphatic carbocycles. The van der Waals surface area contributed by atoms with Crippen molar-refractivity contribution in [2.24, 2.45) is 0 Å². The average molecular weight is 262 g/mol. The van der Waals surface area contributed by atoms with Gasteiger partial charge in [0.05, 0.1) is 5.69 Å². The molecule has 2 aromatic rings. The second-order valence-corrected chi connectivity index (χ2v) is 5.25. The van der Waals surface area contributed by atoms with Gasteiger partial charge in [-0.25, -0.2) is 0 Å². The van der Waals surface area contributed by atoms with Crippen molar-refractivity contribution < 1.29 is 0 Å². The summed E-state index contributed by atoms with van der Waals surface area (Å²) in [5, 5.41) is 11.5. The third-order valence-corrected chi connectivity index (χ3v) is 3.77. The molecule has 0 unspecified atom stereocenters. The van der Waals surface area contributed by atoms with Crippen LogP contribution < -0.4 is 5.32 Å². The van der Waals surface area contributed by atoms with Crippen LogP contribution in [0.5, 0.6) is 0 Å². The van der Waals surface area contributed by atoms with Gasteiger partial charge in [-0.1, -0.05) is 30.2 Å². The Morgan fingerprint density at radius 2 is 2.06 bits per heavy atom. The summed E-state index contributed by atoms with van der Waals surface area (Å²) >= 11 is 5.85. The molecular formula is C14H16ClN3. The van der Waals surface area contributed by atoms with Crippen LogP contribution in [-0.4, -0.2) is 10.2 Å². The minimum Gasteiger partial charge on any atom is -0.366 e. The van der Waals surface area contributed by atoms with Crippen LogP contribution in [0.2, 0.25) is 5.02 Å². The Bertz CT molecular complexity index is 514. The quantitative estimate of drug-likeness (QED) is 0.875. The van der Waals surface area contributed by atoms with Gasteiger partial charge in [0.1, 0.15) is 5.82 Å². The maximum atomic E-state index is 5.85. The second kappa shape index (κ2) is 5.02. The van der Waals surface area contributed by atoms with Crippen LogP contribution in [0.25, 0.3) is 0 Å². The molecule has 1 fully saturated rings. The monoisotopic (exact) mass is 261 g/mol. The van der Waals surface area contributed by atoms with Gasteiger partial charge < -0.3 is 5.32 Å². The van der Waals surface area contributed by atoms with Gasteiger partial charge in [0.2, 0.25) is 0 Å². The maximum absolute atomic E-state index is 5.85. The smallest absolute Gasteiger partial charge is 0.121 e. The summed E-state index contributed by atoms with van der Waals surface area (Å²) in [6.07, 6.45) is 3.90. The van der Waals surface area contributed by atoms with E-state index in [1.54, 1.807) is 0 Å². The van der Waals surface area contributed by atoms with E-state index < -0.39 is 0 Å². The Morgan fingerprint density at radius 3 is 2.72 bits per heavy atom. The van der Waals surface area contributed by atoms with E-state index >= 15 is 0 Å². The highest BCUT2D eigenvalue weighted by molar-refractivity contribution is 6.30. The van der Waals surface area contributed by atoms with E-state index in [1.807, 2.05) is 24.3 Å². The van der Waals surface area contributed by atoms with E-state index in [2.05, 4.69) is 21.6 Å². The molecule has 2 N–H and O–H groups in total. The van der Waals surface area contributed by atoms with Gasteiger partial charge in [-0.3, -0.25) is 5.10 Å². The maximum Gasteiger partial charge on any atom is 0.121 e. The van der Waals surface area contributed by atoms with Gasteiger partial charge in [-0.05, 0) is 30.5 Å². The van der Waals surface area contributed by atoms with Crippen molar-refractivity contribution in [3.63, 3.8) is 0 Å². The molecule has 1 aliphatic rings. The molecule has 1 saturated carbocycles. The third-order valence-electron chi connectivity index (χ3n) is 3.52. The average Bonchev–Trinajstić information content (AvgIpc) is 2.75. The molecule has 3 rings (SSSR count). The lowest BCUT2D eigenvalue weighted by Gasteiger charge is -2.22. The highest BCUT2D eigenvalue weighted by Gasteiger charge is 2.21. The first-order valence-corrected chi connectivity index (χ1v) is 6.73. The highest BCUT2D eigenvalue weighted by Crippen LogP contribution is 2.35. The molecular weight excluding hydrogens is 246 g/mol. The Labute approximate surface area is 112 Å². The van der Waals surface area contributed by atoms with Crippen molar-refractivity contribution >= 4 is 17.4 Å². The summed E-state index contributed by atoms with van der Waals surface area (Å²) in [5.41, 5.74) is 2.40. The standard InChI is InChI=1S/C14H16ClN3/c15-12-6-4-10(5-7-12)9-16-14-8-13(17-18-14)11-2-1-3-11/h4-8,11H,1-3,9H2,(H2,16,17,18). The molecule has 3 nitrogen and oxygen atoms in total. The fourth-order valence-electron chi connectivity index (χ4n) is 2.14. The first-order chi connectivity index (χ1) is 8.81. The first-order valence-electron chi connectivity index (χ1n) is 6.35. The van der Waals surface area contributed by atoms with Gasteiger partial charge in [0, 0.05) is 23.6 Å². The lowest BCUT2D eigenvalue weighted by Crippen LogP contribution is -2.08. The van der Waals surface area contributed by atoms with Crippen molar-refractivity contribution in [3.05, 3.63) is 46.6 Å². The molecule has 0 atom stereocenters. The minimum atomic E-state index is 0.673. The number of aromatic amines is 1. The van der Waals surface area contributed by atoms with Crippen molar-refractivity contribution in [1.82, 2.24) is 10.2 Å². The number of rotatable bonds is 4. The number of nitrogens with zero attached hydrogens (tertiary/aromatic N) is 1. The summed E-state index contributed by atoms with van der Waals surface area (Å²) < 4.78 is 0.